The van der Waals surface area contributed by atoms with Gasteiger partial charge in [0.05, 0.1) is 23.7 Å². The van der Waals surface area contributed by atoms with Gasteiger partial charge in [-0.2, -0.15) is 10.2 Å². The van der Waals surface area contributed by atoms with Crippen LogP contribution >= 0.6 is 11.8 Å². The number of hydrogen-bond donors (Lipinski definition) is 0. The predicted molar refractivity (Wildman–Crippen MR) is 164 cm³/mol. The number of fused-ring (bicyclic) bond motifs is 2. The lowest BCUT2D eigenvalue weighted by Gasteiger charge is -2.47. The van der Waals surface area contributed by atoms with E-state index in [1.807, 2.05) is 64.6 Å². The molecule has 7 heteroatoms. The van der Waals surface area contributed by atoms with E-state index >= 15 is 0 Å². The van der Waals surface area contributed by atoms with Gasteiger partial charge in [-0.1, -0.05) is 91.3 Å². The second kappa shape index (κ2) is 10.7. The molecule has 2 heterocycles. The fourth-order valence-electron chi connectivity index (χ4n) is 5.08. The molecule has 1 atom stereocenters. The first kappa shape index (κ1) is 25.9. The number of carbonyl (C=O) groups is 1. The Morgan fingerprint density at radius 3 is 2.15 bits per heavy atom. The maximum absolute atomic E-state index is 13.1. The van der Waals surface area contributed by atoms with Crippen molar-refractivity contribution in [2.75, 3.05) is 16.6 Å². The molecule has 0 aliphatic carbocycles. The third kappa shape index (κ3) is 4.36. The third-order valence-corrected chi connectivity index (χ3v) is 8.39. The smallest absolute Gasteiger partial charge is 0.365 e. The quantitative estimate of drug-likeness (QED) is 0.242. The zero-order chi connectivity index (χ0) is 27.7. The Bertz CT molecular complexity index is 1600. The van der Waals surface area contributed by atoms with Crippen LogP contribution in [0.3, 0.4) is 0 Å². The van der Waals surface area contributed by atoms with Gasteiger partial charge in [0.2, 0.25) is 10.0 Å². The molecule has 200 valence electrons. The highest BCUT2D eigenvalue weighted by molar-refractivity contribution is 8.16. The minimum atomic E-state index is -1.01. The Balaban J connectivity index is 1.62. The number of para-hydroxylation sites is 1. The van der Waals surface area contributed by atoms with Crippen molar-refractivity contribution in [1.82, 2.24) is 0 Å². The molecule has 6 nitrogen and oxygen atoms in total. The first-order chi connectivity index (χ1) is 19.5. The normalized spacial score (nSPS) is 17.9. The van der Waals surface area contributed by atoms with E-state index in [1.54, 1.807) is 6.92 Å². The lowest BCUT2D eigenvalue weighted by molar-refractivity contribution is -0.134. The van der Waals surface area contributed by atoms with Crippen molar-refractivity contribution in [3.63, 3.8) is 0 Å². The fraction of sp³-hybridized carbons (Fsp3) is 0.182. The number of aryl methyl sites for hydroxylation is 2. The molecule has 0 saturated carbocycles. The first-order valence-electron chi connectivity index (χ1n) is 13.5. The summed E-state index contributed by atoms with van der Waals surface area (Å²) < 4.78 is 5.43. The Labute approximate surface area is 239 Å². The molecule has 4 aromatic carbocycles. The second-order valence-corrected chi connectivity index (χ2v) is 10.8. The minimum absolute atomic E-state index is 0.269. The Morgan fingerprint density at radius 2 is 1.45 bits per heavy atom. The van der Waals surface area contributed by atoms with Crippen LogP contribution in [0.15, 0.2) is 113 Å². The van der Waals surface area contributed by atoms with Crippen molar-refractivity contribution in [2.45, 2.75) is 32.2 Å². The van der Waals surface area contributed by atoms with Crippen molar-refractivity contribution in [2.24, 2.45) is 10.2 Å². The summed E-state index contributed by atoms with van der Waals surface area (Å²) in [7, 11) is 0. The number of ether oxygens (including phenoxy) is 1. The van der Waals surface area contributed by atoms with Gasteiger partial charge in [0, 0.05) is 16.7 Å². The van der Waals surface area contributed by atoms with Crippen LogP contribution in [-0.2, 0) is 20.9 Å². The van der Waals surface area contributed by atoms with Crippen molar-refractivity contribution in [3.8, 4) is 0 Å². The molecule has 6 rings (SSSR count). The molecule has 0 aromatic heterocycles. The molecule has 0 amide bonds. The maximum Gasteiger partial charge on any atom is 0.365 e. The van der Waals surface area contributed by atoms with Crippen LogP contribution in [0.1, 0.15) is 41.7 Å². The molecule has 4 aromatic rings. The SMILES string of the molecule is CCOC(=O)C1=NN(c2ccc(C)cc2)[C@@]2(S1)c1ccccc1C(c1ccc(CC)cc1)=NN2c1ccccc1. The van der Waals surface area contributed by atoms with E-state index in [4.69, 9.17) is 14.9 Å². The summed E-state index contributed by atoms with van der Waals surface area (Å²) in [6.07, 6.45) is 0.971. The van der Waals surface area contributed by atoms with Gasteiger partial charge in [-0.15, -0.1) is 0 Å². The molecule has 0 bridgehead atoms. The van der Waals surface area contributed by atoms with E-state index in [0.29, 0.717) is 0 Å². The van der Waals surface area contributed by atoms with Gasteiger partial charge in [0.1, 0.15) is 0 Å². The van der Waals surface area contributed by atoms with E-state index < -0.39 is 11.0 Å². The average molecular weight is 547 g/mol. The van der Waals surface area contributed by atoms with E-state index in [0.717, 1.165) is 45.8 Å². The van der Waals surface area contributed by atoms with Crippen LogP contribution in [0.25, 0.3) is 0 Å². The molecule has 0 saturated heterocycles. The van der Waals surface area contributed by atoms with E-state index in [1.165, 1.54) is 17.3 Å². The summed E-state index contributed by atoms with van der Waals surface area (Å²) in [5.41, 5.74) is 8.00. The minimum Gasteiger partial charge on any atom is -0.461 e. The average Bonchev–Trinajstić information content (AvgIpc) is 3.39. The van der Waals surface area contributed by atoms with Gasteiger partial charge in [-0.3, -0.25) is 0 Å². The van der Waals surface area contributed by atoms with Gasteiger partial charge in [-0.25, -0.2) is 14.8 Å². The highest BCUT2D eigenvalue weighted by atomic mass is 32.2. The maximum atomic E-state index is 13.1. The van der Waals surface area contributed by atoms with E-state index in [9.17, 15) is 4.79 Å². The molecule has 1 spiro atoms. The molecule has 40 heavy (non-hydrogen) atoms. The lowest BCUT2D eigenvalue weighted by atomic mass is 9.92. The predicted octanol–water partition coefficient (Wildman–Crippen LogP) is 7.07. The van der Waals surface area contributed by atoms with Crippen LogP contribution in [0.2, 0.25) is 0 Å². The number of carbonyl (C=O) groups excluding carboxylic acids is 1. The topological polar surface area (TPSA) is 57.5 Å². The zero-order valence-corrected chi connectivity index (χ0v) is 23.6. The molecule has 2 aliphatic heterocycles. The summed E-state index contributed by atoms with van der Waals surface area (Å²) in [6.45, 7) is 6.28. The number of benzene rings is 4. The van der Waals surface area contributed by atoms with Gasteiger partial charge in [0.15, 0.2) is 0 Å². The number of rotatable bonds is 6. The monoisotopic (exact) mass is 546 g/mol. The van der Waals surface area contributed by atoms with Gasteiger partial charge in [-0.05, 0) is 61.9 Å². The molecule has 0 fully saturated rings. The molecule has 0 N–H and O–H groups in total. The molecule has 0 radical (unpaired) electrons. The molecule has 2 aliphatic rings. The number of anilines is 2. The molecule has 0 unspecified atom stereocenters. The number of hydrogen-bond acceptors (Lipinski definition) is 7. The van der Waals surface area contributed by atoms with Crippen LogP contribution in [0, 0.1) is 6.92 Å². The summed E-state index contributed by atoms with van der Waals surface area (Å²) in [4.78, 5) is 12.1. The summed E-state index contributed by atoms with van der Waals surface area (Å²) in [6, 6.07) is 35.1. The molecular formula is C33H30N4O2S. The van der Waals surface area contributed by atoms with Crippen LogP contribution in [0.5, 0.6) is 0 Å². The van der Waals surface area contributed by atoms with Gasteiger partial charge < -0.3 is 4.74 Å². The standard InChI is InChI=1S/C33H30N4O2S/c1-4-24-17-19-25(20-18-24)30-28-13-9-10-14-29(28)33(36(34-30)26-11-7-6-8-12-26)37(27-21-15-23(3)16-22-27)35-31(40-33)32(38)39-5-2/h6-22H,4-5H2,1-3H3/t33-/m1/s1. The van der Waals surface area contributed by atoms with Crippen molar-refractivity contribution in [3.05, 3.63) is 131 Å². The third-order valence-electron chi connectivity index (χ3n) is 7.10. The van der Waals surface area contributed by atoms with Crippen molar-refractivity contribution in [1.29, 1.82) is 0 Å². The molecular weight excluding hydrogens is 516 g/mol. The van der Waals surface area contributed by atoms with Gasteiger partial charge in [0.25, 0.3) is 0 Å². The Kier molecular flexibility index (Phi) is 6.90. The first-order valence-corrected chi connectivity index (χ1v) is 14.3. The second-order valence-electron chi connectivity index (χ2n) is 9.68. The lowest BCUT2D eigenvalue weighted by Crippen LogP contribution is -2.54. The van der Waals surface area contributed by atoms with Crippen molar-refractivity contribution < 1.29 is 9.53 Å². The van der Waals surface area contributed by atoms with Gasteiger partial charge >= 0.3 is 5.97 Å². The Morgan fingerprint density at radius 1 is 0.800 bits per heavy atom. The number of esters is 1. The van der Waals surface area contributed by atoms with Crippen LogP contribution in [0.4, 0.5) is 11.4 Å². The summed E-state index contributed by atoms with van der Waals surface area (Å²) in [5, 5.41) is 14.4. The summed E-state index contributed by atoms with van der Waals surface area (Å²) in [5.74, 6) is -0.447. The largest absolute Gasteiger partial charge is 0.461 e. The fourth-order valence-corrected chi connectivity index (χ4v) is 6.36. The highest BCUT2D eigenvalue weighted by Crippen LogP contribution is 2.55. The van der Waals surface area contributed by atoms with Crippen LogP contribution < -0.4 is 10.0 Å². The van der Waals surface area contributed by atoms with Crippen molar-refractivity contribution >= 4 is 39.9 Å². The van der Waals surface area contributed by atoms with E-state index in [-0.39, 0.29) is 11.7 Å². The zero-order valence-electron chi connectivity index (χ0n) is 22.7. The summed E-state index contributed by atoms with van der Waals surface area (Å²) >= 11 is 1.36. The number of thioether (sulfide) groups is 1. The van der Waals surface area contributed by atoms with Crippen LogP contribution in [-0.4, -0.2) is 23.3 Å². The Hall–Kier alpha value is -4.36. The number of nitrogens with zero attached hydrogens (tertiary/aromatic N) is 4. The highest BCUT2D eigenvalue weighted by Gasteiger charge is 2.56. The van der Waals surface area contributed by atoms with E-state index in [2.05, 4.69) is 62.4 Å². The number of hydrazone groups is 2.